The number of esters is 1. The van der Waals surface area contributed by atoms with Crippen molar-refractivity contribution in [3.05, 3.63) is 18.2 Å². The van der Waals surface area contributed by atoms with Gasteiger partial charge in [-0.05, 0) is 18.2 Å². The highest BCUT2D eigenvalue weighted by Crippen LogP contribution is 2.33. The second kappa shape index (κ2) is 6.68. The highest BCUT2D eigenvalue weighted by atomic mass is 32.2. The zero-order chi connectivity index (χ0) is 13.7. The number of fused-ring (bicyclic) bond motifs is 1. The van der Waals surface area contributed by atoms with Gasteiger partial charge >= 0.3 is 5.97 Å². The molecule has 0 saturated carbocycles. The lowest BCUT2D eigenvalue weighted by Gasteiger charge is -2.11. The molecule has 0 aromatic heterocycles. The molecule has 5 nitrogen and oxygen atoms in total. The van der Waals surface area contributed by atoms with E-state index in [4.69, 9.17) is 15.2 Å². The van der Waals surface area contributed by atoms with E-state index in [1.54, 1.807) is 0 Å². The number of carbonyl (C=O) groups excluding carboxylic acids is 1. The Morgan fingerprint density at radius 2 is 2.16 bits per heavy atom. The number of rotatable bonds is 4. The normalized spacial score (nSPS) is 15.5. The van der Waals surface area contributed by atoms with E-state index in [9.17, 15) is 4.79 Å². The fourth-order valence-corrected chi connectivity index (χ4v) is 2.50. The van der Waals surface area contributed by atoms with Crippen LogP contribution in [0.4, 0.5) is 0 Å². The van der Waals surface area contributed by atoms with E-state index in [0.29, 0.717) is 19.0 Å². The minimum Gasteiger partial charge on any atom is -0.490 e. The average molecular weight is 283 g/mol. The van der Waals surface area contributed by atoms with Crippen LogP contribution in [0.3, 0.4) is 0 Å². The van der Waals surface area contributed by atoms with Crippen LogP contribution in [0.25, 0.3) is 0 Å². The highest BCUT2D eigenvalue weighted by molar-refractivity contribution is 7.99. The average Bonchev–Trinajstić information content (AvgIpc) is 2.68. The Morgan fingerprint density at radius 3 is 2.89 bits per heavy atom. The summed E-state index contributed by atoms with van der Waals surface area (Å²) in [4.78, 5) is 12.2. The summed E-state index contributed by atoms with van der Waals surface area (Å²) in [5.41, 5.74) is 5.69. The van der Waals surface area contributed by atoms with Gasteiger partial charge in [-0.25, -0.2) is 0 Å². The van der Waals surface area contributed by atoms with Gasteiger partial charge in [0, 0.05) is 17.1 Å². The number of carbonyl (C=O) groups is 1. The Hall–Kier alpha value is -1.40. The molecule has 0 spiro atoms. The molecule has 0 radical (unpaired) electrons. The second-order valence-electron chi connectivity index (χ2n) is 4.10. The summed E-state index contributed by atoms with van der Waals surface area (Å²) in [5, 5.41) is 0. The molecule has 2 N–H and O–H groups in total. The summed E-state index contributed by atoms with van der Waals surface area (Å²) >= 11 is 1.49. The molecule has 1 atom stereocenters. The summed E-state index contributed by atoms with van der Waals surface area (Å²) in [7, 11) is 1.33. The molecule has 1 aliphatic rings. The van der Waals surface area contributed by atoms with Crippen LogP contribution in [-0.4, -0.2) is 38.1 Å². The van der Waals surface area contributed by atoms with Crippen LogP contribution in [0.1, 0.15) is 6.42 Å². The van der Waals surface area contributed by atoms with Crippen molar-refractivity contribution < 1.29 is 19.0 Å². The van der Waals surface area contributed by atoms with Crippen molar-refractivity contribution in [3.63, 3.8) is 0 Å². The van der Waals surface area contributed by atoms with Gasteiger partial charge in [0.1, 0.15) is 6.04 Å². The molecule has 0 saturated heterocycles. The second-order valence-corrected chi connectivity index (χ2v) is 5.19. The summed E-state index contributed by atoms with van der Waals surface area (Å²) in [6.07, 6.45) is 0.879. The molecule has 1 unspecified atom stereocenters. The minimum absolute atomic E-state index is 0.401. The Labute approximate surface area is 116 Å². The summed E-state index contributed by atoms with van der Waals surface area (Å²) in [6.45, 7) is 1.33. The lowest BCUT2D eigenvalue weighted by atomic mass is 10.3. The maximum absolute atomic E-state index is 11.2. The monoisotopic (exact) mass is 283 g/mol. The first-order chi connectivity index (χ1) is 9.20. The molecule has 104 valence electrons. The maximum atomic E-state index is 11.2. The molecular formula is C13H17NO4S. The van der Waals surface area contributed by atoms with Crippen LogP contribution in [0.5, 0.6) is 11.5 Å². The number of benzene rings is 1. The number of hydrogen-bond acceptors (Lipinski definition) is 6. The van der Waals surface area contributed by atoms with E-state index < -0.39 is 12.0 Å². The van der Waals surface area contributed by atoms with E-state index in [-0.39, 0.29) is 0 Å². The molecule has 6 heteroatoms. The molecule has 0 aliphatic carbocycles. The molecule has 19 heavy (non-hydrogen) atoms. The van der Waals surface area contributed by atoms with Gasteiger partial charge in [-0.3, -0.25) is 4.79 Å². The van der Waals surface area contributed by atoms with Gasteiger partial charge in [-0.1, -0.05) is 0 Å². The van der Waals surface area contributed by atoms with E-state index in [2.05, 4.69) is 4.74 Å². The van der Waals surface area contributed by atoms with Crippen molar-refractivity contribution in [1.82, 2.24) is 0 Å². The van der Waals surface area contributed by atoms with Crippen molar-refractivity contribution in [1.29, 1.82) is 0 Å². The fraction of sp³-hybridized carbons (Fsp3) is 0.462. The molecule has 0 bridgehead atoms. The maximum Gasteiger partial charge on any atom is 0.323 e. The predicted molar refractivity (Wildman–Crippen MR) is 72.8 cm³/mol. The third kappa shape index (κ3) is 3.78. The van der Waals surface area contributed by atoms with Gasteiger partial charge in [0.2, 0.25) is 0 Å². The Balaban J connectivity index is 1.98. The molecule has 1 aromatic rings. The number of ether oxygens (including phenoxy) is 3. The van der Waals surface area contributed by atoms with E-state index >= 15 is 0 Å². The summed E-state index contributed by atoms with van der Waals surface area (Å²) in [5.74, 6) is 1.57. The van der Waals surface area contributed by atoms with Gasteiger partial charge in [0.25, 0.3) is 0 Å². The zero-order valence-electron chi connectivity index (χ0n) is 10.8. The van der Waals surface area contributed by atoms with Gasteiger partial charge < -0.3 is 19.9 Å². The topological polar surface area (TPSA) is 70.8 Å². The lowest BCUT2D eigenvalue weighted by Crippen LogP contribution is -2.33. The van der Waals surface area contributed by atoms with Gasteiger partial charge in [0.05, 0.1) is 20.3 Å². The summed E-state index contributed by atoms with van der Waals surface area (Å²) < 4.78 is 15.7. The van der Waals surface area contributed by atoms with E-state index in [1.165, 1.54) is 18.9 Å². The van der Waals surface area contributed by atoms with Gasteiger partial charge in [-0.15, -0.1) is 11.8 Å². The largest absolute Gasteiger partial charge is 0.490 e. The van der Waals surface area contributed by atoms with Crippen LogP contribution in [0.15, 0.2) is 23.1 Å². The van der Waals surface area contributed by atoms with E-state index in [1.807, 2.05) is 18.2 Å². The molecular weight excluding hydrogens is 266 g/mol. The van der Waals surface area contributed by atoms with Crippen molar-refractivity contribution in [2.75, 3.05) is 26.1 Å². The van der Waals surface area contributed by atoms with Crippen molar-refractivity contribution in [2.24, 2.45) is 5.73 Å². The van der Waals surface area contributed by atoms with Gasteiger partial charge in [0.15, 0.2) is 11.5 Å². The zero-order valence-corrected chi connectivity index (χ0v) is 11.6. The number of hydrogen-bond donors (Lipinski definition) is 1. The minimum atomic E-state index is -0.619. The van der Waals surface area contributed by atoms with Crippen molar-refractivity contribution in [3.8, 4) is 11.5 Å². The number of nitrogens with two attached hydrogens (primary N) is 1. The first-order valence-electron chi connectivity index (χ1n) is 6.06. The standard InChI is InChI=1S/C13H17NO4S/c1-16-13(15)10(14)8-19-9-3-4-11-12(7-9)18-6-2-5-17-11/h3-4,7,10H,2,5-6,8,14H2,1H3. The van der Waals surface area contributed by atoms with Crippen LogP contribution in [0.2, 0.25) is 0 Å². The molecule has 2 rings (SSSR count). The number of thioether (sulfide) groups is 1. The third-order valence-corrected chi connectivity index (χ3v) is 3.77. The fourth-order valence-electron chi connectivity index (χ4n) is 1.64. The SMILES string of the molecule is COC(=O)C(N)CSc1ccc2c(c1)OCCCO2. The third-order valence-electron chi connectivity index (χ3n) is 2.65. The van der Waals surface area contributed by atoms with E-state index in [0.717, 1.165) is 22.8 Å². The lowest BCUT2D eigenvalue weighted by molar-refractivity contribution is -0.141. The Bertz CT molecular complexity index is 452. The van der Waals surface area contributed by atoms with Crippen LogP contribution >= 0.6 is 11.8 Å². The summed E-state index contributed by atoms with van der Waals surface area (Å²) in [6, 6.07) is 5.11. The van der Waals surface area contributed by atoms with Crippen LogP contribution < -0.4 is 15.2 Å². The molecule has 1 heterocycles. The quantitative estimate of drug-likeness (QED) is 0.666. The van der Waals surface area contributed by atoms with Crippen molar-refractivity contribution >= 4 is 17.7 Å². The first-order valence-corrected chi connectivity index (χ1v) is 7.05. The molecule has 0 fully saturated rings. The van der Waals surface area contributed by atoms with Crippen LogP contribution in [0, 0.1) is 0 Å². The number of methoxy groups -OCH3 is 1. The molecule has 1 aliphatic heterocycles. The van der Waals surface area contributed by atoms with Crippen LogP contribution in [-0.2, 0) is 9.53 Å². The van der Waals surface area contributed by atoms with Gasteiger partial charge in [-0.2, -0.15) is 0 Å². The molecule has 0 amide bonds. The first kappa shape index (κ1) is 14.0. The highest BCUT2D eigenvalue weighted by Gasteiger charge is 2.15. The Morgan fingerprint density at radius 1 is 1.42 bits per heavy atom. The smallest absolute Gasteiger partial charge is 0.323 e. The molecule has 1 aromatic carbocycles. The predicted octanol–water partition coefficient (Wildman–Crippen LogP) is 1.44. The van der Waals surface area contributed by atoms with Crippen molar-refractivity contribution in [2.45, 2.75) is 17.4 Å². The Kier molecular flexibility index (Phi) is 4.93.